The van der Waals surface area contributed by atoms with Crippen LogP contribution in [-0.4, -0.2) is 10.5 Å². The molecular formula is C20H13F4N2O3. The molecule has 1 N–H and O–H groups in total. The SMILES string of the molecule is [CH2]n1ccc(NC(=O)c2cc(C(F)(F)F)ccc2Oc2ccc(F)cc2)cc1=O. The number of pyridine rings is 1. The lowest BCUT2D eigenvalue weighted by Gasteiger charge is -2.14. The van der Waals surface area contributed by atoms with Crippen molar-refractivity contribution in [3.05, 3.63) is 95.1 Å². The van der Waals surface area contributed by atoms with E-state index in [4.69, 9.17) is 4.74 Å². The van der Waals surface area contributed by atoms with Crippen molar-refractivity contribution in [2.45, 2.75) is 6.18 Å². The van der Waals surface area contributed by atoms with Crippen molar-refractivity contribution in [1.82, 2.24) is 4.57 Å². The van der Waals surface area contributed by atoms with Crippen LogP contribution in [0.1, 0.15) is 15.9 Å². The highest BCUT2D eigenvalue weighted by atomic mass is 19.4. The van der Waals surface area contributed by atoms with Crippen molar-refractivity contribution >= 4 is 11.6 Å². The fourth-order valence-corrected chi connectivity index (χ4v) is 2.39. The Kier molecular flexibility index (Phi) is 5.40. The van der Waals surface area contributed by atoms with Gasteiger partial charge in [-0.25, -0.2) is 4.39 Å². The summed E-state index contributed by atoms with van der Waals surface area (Å²) >= 11 is 0. The lowest BCUT2D eigenvalue weighted by Crippen LogP contribution is -2.18. The van der Waals surface area contributed by atoms with E-state index in [9.17, 15) is 27.2 Å². The average molecular weight is 405 g/mol. The molecule has 0 fully saturated rings. The van der Waals surface area contributed by atoms with Gasteiger partial charge in [-0.3, -0.25) is 9.59 Å². The fourth-order valence-electron chi connectivity index (χ4n) is 2.39. The van der Waals surface area contributed by atoms with Gasteiger partial charge in [0.15, 0.2) is 0 Å². The molecule has 2 aromatic carbocycles. The monoisotopic (exact) mass is 405 g/mol. The van der Waals surface area contributed by atoms with Crippen LogP contribution in [0.4, 0.5) is 23.2 Å². The van der Waals surface area contributed by atoms with Crippen molar-refractivity contribution < 1.29 is 27.1 Å². The Balaban J connectivity index is 1.98. The zero-order valence-corrected chi connectivity index (χ0v) is 14.7. The lowest BCUT2D eigenvalue weighted by atomic mass is 10.1. The van der Waals surface area contributed by atoms with Gasteiger partial charge in [-0.05, 0) is 48.5 Å². The van der Waals surface area contributed by atoms with Crippen LogP contribution in [0.5, 0.6) is 11.5 Å². The van der Waals surface area contributed by atoms with Gasteiger partial charge in [0.05, 0.1) is 11.1 Å². The van der Waals surface area contributed by atoms with E-state index in [1.165, 1.54) is 24.4 Å². The highest BCUT2D eigenvalue weighted by Crippen LogP contribution is 2.34. The number of rotatable bonds is 4. The quantitative estimate of drug-likeness (QED) is 0.641. The minimum Gasteiger partial charge on any atom is -0.457 e. The normalized spacial score (nSPS) is 11.2. The zero-order valence-electron chi connectivity index (χ0n) is 14.7. The number of carbonyl (C=O) groups excluding carboxylic acids is 1. The molecule has 0 aliphatic heterocycles. The molecule has 9 heteroatoms. The van der Waals surface area contributed by atoms with Crippen LogP contribution < -0.4 is 15.6 Å². The molecule has 1 amide bonds. The van der Waals surface area contributed by atoms with Gasteiger partial charge in [-0.15, -0.1) is 0 Å². The Morgan fingerprint density at radius 1 is 1.03 bits per heavy atom. The highest BCUT2D eigenvalue weighted by molar-refractivity contribution is 6.06. The summed E-state index contributed by atoms with van der Waals surface area (Å²) in [6.07, 6.45) is -3.39. The molecule has 29 heavy (non-hydrogen) atoms. The van der Waals surface area contributed by atoms with Crippen LogP contribution in [0, 0.1) is 12.9 Å². The van der Waals surface area contributed by atoms with E-state index in [-0.39, 0.29) is 17.2 Å². The molecule has 1 aromatic heterocycles. The molecule has 1 heterocycles. The molecule has 1 radical (unpaired) electrons. The van der Waals surface area contributed by atoms with Crippen molar-refractivity contribution in [2.75, 3.05) is 5.32 Å². The standard InChI is InChI=1S/C20H13F4N2O3/c1-26-9-8-14(11-18(26)27)25-19(28)16-10-12(20(22,23)24)2-7-17(16)29-15-5-3-13(21)4-6-15/h2-11H,1H2,(H,25,28). The smallest absolute Gasteiger partial charge is 0.416 e. The Morgan fingerprint density at radius 3 is 2.34 bits per heavy atom. The molecule has 3 rings (SSSR count). The summed E-state index contributed by atoms with van der Waals surface area (Å²) in [6.45, 7) is 0. The van der Waals surface area contributed by atoms with Crippen molar-refractivity contribution in [2.24, 2.45) is 0 Å². The van der Waals surface area contributed by atoms with Crippen molar-refractivity contribution in [3.63, 3.8) is 0 Å². The maximum atomic E-state index is 13.1. The second-order valence-corrected chi connectivity index (χ2v) is 5.94. The summed E-state index contributed by atoms with van der Waals surface area (Å²) in [5, 5.41) is 2.35. The number of benzene rings is 2. The van der Waals surface area contributed by atoms with E-state index < -0.39 is 34.6 Å². The van der Waals surface area contributed by atoms with Crippen LogP contribution in [0.15, 0.2) is 65.6 Å². The molecule has 0 atom stereocenters. The number of aromatic nitrogens is 1. The predicted octanol–water partition coefficient (Wildman–Crippen LogP) is 4.69. The lowest BCUT2D eigenvalue weighted by molar-refractivity contribution is -0.137. The number of alkyl halides is 3. The minimum atomic E-state index is -4.68. The first kappa shape index (κ1) is 20.1. The number of hydrogen-bond acceptors (Lipinski definition) is 3. The molecule has 3 aromatic rings. The van der Waals surface area contributed by atoms with E-state index in [0.717, 1.165) is 34.9 Å². The number of hydrogen-bond donors (Lipinski definition) is 1. The molecule has 0 saturated heterocycles. The molecule has 0 spiro atoms. The zero-order chi connectivity index (χ0) is 21.2. The molecule has 0 bridgehead atoms. The van der Waals surface area contributed by atoms with E-state index >= 15 is 0 Å². The van der Waals surface area contributed by atoms with Gasteiger partial charge >= 0.3 is 6.18 Å². The summed E-state index contributed by atoms with van der Waals surface area (Å²) in [4.78, 5) is 24.2. The number of halogens is 4. The average Bonchev–Trinajstić information content (AvgIpc) is 2.66. The summed E-state index contributed by atoms with van der Waals surface area (Å²) in [7, 11) is 3.42. The first-order chi connectivity index (χ1) is 13.6. The van der Waals surface area contributed by atoms with Gasteiger partial charge in [0, 0.05) is 25.0 Å². The summed E-state index contributed by atoms with van der Waals surface area (Å²) in [5.74, 6) is -1.50. The minimum absolute atomic E-state index is 0.0741. The van der Waals surface area contributed by atoms with Gasteiger partial charge < -0.3 is 14.6 Å². The van der Waals surface area contributed by atoms with Crippen molar-refractivity contribution in [1.29, 1.82) is 0 Å². The first-order valence-corrected chi connectivity index (χ1v) is 8.13. The van der Waals surface area contributed by atoms with Gasteiger partial charge in [-0.2, -0.15) is 13.2 Å². The Bertz CT molecular complexity index is 1110. The molecule has 5 nitrogen and oxygen atoms in total. The largest absolute Gasteiger partial charge is 0.457 e. The molecule has 149 valence electrons. The Morgan fingerprint density at radius 2 is 1.72 bits per heavy atom. The van der Waals surface area contributed by atoms with E-state index in [0.29, 0.717) is 6.07 Å². The van der Waals surface area contributed by atoms with Crippen LogP contribution in [-0.2, 0) is 6.18 Å². The van der Waals surface area contributed by atoms with Gasteiger partial charge in [0.1, 0.15) is 17.3 Å². The number of nitrogens with zero attached hydrogens (tertiary/aromatic N) is 1. The maximum absolute atomic E-state index is 13.1. The summed E-state index contributed by atoms with van der Waals surface area (Å²) in [6, 6.07) is 9.57. The molecule has 0 unspecified atom stereocenters. The summed E-state index contributed by atoms with van der Waals surface area (Å²) < 4.78 is 58.8. The number of nitrogens with one attached hydrogen (secondary N) is 1. The van der Waals surface area contributed by atoms with Crippen LogP contribution in [0.25, 0.3) is 0 Å². The highest BCUT2D eigenvalue weighted by Gasteiger charge is 2.32. The second-order valence-electron chi connectivity index (χ2n) is 5.94. The van der Waals surface area contributed by atoms with E-state index in [1.807, 2.05) is 0 Å². The third-order valence-electron chi connectivity index (χ3n) is 3.85. The Labute approximate surface area is 162 Å². The predicted molar refractivity (Wildman–Crippen MR) is 97.3 cm³/mol. The fraction of sp³-hybridized carbons (Fsp3) is 0.0500. The van der Waals surface area contributed by atoms with Crippen LogP contribution >= 0.6 is 0 Å². The van der Waals surface area contributed by atoms with Gasteiger partial charge in [-0.1, -0.05) is 0 Å². The van der Waals surface area contributed by atoms with Crippen LogP contribution in [0.2, 0.25) is 0 Å². The molecule has 0 saturated carbocycles. The maximum Gasteiger partial charge on any atom is 0.416 e. The number of carbonyl (C=O) groups is 1. The van der Waals surface area contributed by atoms with E-state index in [2.05, 4.69) is 12.4 Å². The number of anilines is 1. The van der Waals surface area contributed by atoms with Gasteiger partial charge in [0.25, 0.3) is 11.5 Å². The van der Waals surface area contributed by atoms with Crippen LogP contribution in [0.3, 0.4) is 0 Å². The number of amides is 1. The van der Waals surface area contributed by atoms with Gasteiger partial charge in [0.2, 0.25) is 0 Å². The van der Waals surface area contributed by atoms with E-state index in [1.54, 1.807) is 0 Å². The number of ether oxygens (including phenoxy) is 1. The first-order valence-electron chi connectivity index (χ1n) is 8.13. The molecule has 0 aliphatic rings. The van der Waals surface area contributed by atoms with Crippen molar-refractivity contribution in [3.8, 4) is 11.5 Å². The second kappa shape index (κ2) is 7.78. The third-order valence-corrected chi connectivity index (χ3v) is 3.85. The third kappa shape index (κ3) is 4.81. The topological polar surface area (TPSA) is 60.3 Å². The Hall–Kier alpha value is -3.62. The molecular weight excluding hydrogens is 392 g/mol. The summed E-state index contributed by atoms with van der Waals surface area (Å²) in [5.41, 5.74) is -1.91. The molecule has 0 aliphatic carbocycles.